The molecule has 1 aliphatic rings. The lowest BCUT2D eigenvalue weighted by molar-refractivity contribution is -0.166. The lowest BCUT2D eigenvalue weighted by atomic mass is 9.98. The van der Waals surface area contributed by atoms with E-state index in [1.54, 1.807) is 0 Å². The summed E-state index contributed by atoms with van der Waals surface area (Å²) in [4.78, 5) is 10.6. The summed E-state index contributed by atoms with van der Waals surface area (Å²) in [6.45, 7) is 0. The van der Waals surface area contributed by atoms with Crippen LogP contribution in [0.3, 0.4) is 0 Å². The van der Waals surface area contributed by atoms with Crippen LogP contribution < -0.4 is 0 Å². The van der Waals surface area contributed by atoms with E-state index >= 15 is 0 Å². The lowest BCUT2D eigenvalue weighted by Gasteiger charge is -2.15. The molecule has 0 radical (unpaired) electrons. The Kier molecular flexibility index (Phi) is 1.89. The van der Waals surface area contributed by atoms with Crippen molar-refractivity contribution in [1.29, 1.82) is 0 Å². The highest BCUT2D eigenvalue weighted by Crippen LogP contribution is 2.52. The maximum atomic E-state index is 12.6. The molecule has 2 rings (SSSR count). The standard InChI is InChI=1S/C9H5F3N2O/c10-9(11,12)8(13-14-8)7-4-2-1-3-6(7)5-15/h1-5H. The van der Waals surface area contributed by atoms with Crippen LogP contribution in [-0.4, -0.2) is 12.5 Å². The monoisotopic (exact) mass is 214 g/mol. The van der Waals surface area contributed by atoms with Crippen LogP contribution in [0.5, 0.6) is 0 Å². The van der Waals surface area contributed by atoms with Gasteiger partial charge < -0.3 is 0 Å². The van der Waals surface area contributed by atoms with Gasteiger partial charge in [0.15, 0.2) is 0 Å². The Labute approximate surface area is 82.6 Å². The Bertz CT molecular complexity index is 433. The maximum absolute atomic E-state index is 12.6. The Hall–Kier alpha value is -1.72. The summed E-state index contributed by atoms with van der Waals surface area (Å²) in [6, 6.07) is 5.41. The third kappa shape index (κ3) is 1.33. The van der Waals surface area contributed by atoms with E-state index in [9.17, 15) is 18.0 Å². The van der Waals surface area contributed by atoms with Gasteiger partial charge in [-0.3, -0.25) is 4.79 Å². The summed E-state index contributed by atoms with van der Waals surface area (Å²) in [6.07, 6.45) is -4.22. The molecule has 15 heavy (non-hydrogen) atoms. The zero-order chi connectivity index (χ0) is 11.1. The van der Waals surface area contributed by atoms with E-state index in [4.69, 9.17) is 0 Å². The third-order valence-electron chi connectivity index (χ3n) is 2.16. The van der Waals surface area contributed by atoms with Crippen molar-refractivity contribution in [3.63, 3.8) is 0 Å². The minimum Gasteiger partial charge on any atom is -0.298 e. The number of nitrogens with zero attached hydrogens (tertiary/aromatic N) is 2. The molecule has 0 aliphatic carbocycles. The van der Waals surface area contributed by atoms with E-state index in [-0.39, 0.29) is 11.1 Å². The molecule has 0 saturated heterocycles. The molecular formula is C9H5F3N2O. The highest BCUT2D eigenvalue weighted by Gasteiger charge is 2.65. The molecule has 0 fully saturated rings. The summed E-state index contributed by atoms with van der Waals surface area (Å²) in [5, 5.41) is 6.05. The van der Waals surface area contributed by atoms with Crippen LogP contribution in [0.15, 0.2) is 34.5 Å². The first-order valence-electron chi connectivity index (χ1n) is 4.07. The molecule has 0 unspecified atom stereocenters. The third-order valence-corrected chi connectivity index (χ3v) is 2.16. The molecule has 1 aromatic carbocycles. The predicted molar refractivity (Wildman–Crippen MR) is 44.4 cm³/mol. The largest absolute Gasteiger partial charge is 0.442 e. The Morgan fingerprint density at radius 3 is 2.27 bits per heavy atom. The molecule has 0 saturated carbocycles. The summed E-state index contributed by atoms with van der Waals surface area (Å²) in [7, 11) is 0. The minimum atomic E-state index is -4.59. The highest BCUT2D eigenvalue weighted by molar-refractivity contribution is 5.78. The first-order valence-corrected chi connectivity index (χ1v) is 4.07. The van der Waals surface area contributed by atoms with Gasteiger partial charge >= 0.3 is 11.8 Å². The lowest BCUT2D eigenvalue weighted by Crippen LogP contribution is -2.31. The molecule has 0 bridgehead atoms. The van der Waals surface area contributed by atoms with Gasteiger partial charge in [0.25, 0.3) is 0 Å². The topological polar surface area (TPSA) is 41.8 Å². The molecule has 0 atom stereocenters. The van der Waals surface area contributed by atoms with Crippen LogP contribution in [0.1, 0.15) is 15.9 Å². The second kappa shape index (κ2) is 2.88. The number of carbonyl (C=O) groups is 1. The molecule has 1 aromatic rings. The number of halogens is 3. The molecule has 0 aromatic heterocycles. The smallest absolute Gasteiger partial charge is 0.298 e. The minimum absolute atomic E-state index is 0.0418. The van der Waals surface area contributed by atoms with Gasteiger partial charge in [-0.15, -0.1) is 10.2 Å². The van der Waals surface area contributed by atoms with Gasteiger partial charge in [0, 0.05) is 11.1 Å². The molecule has 1 aliphatic heterocycles. The van der Waals surface area contributed by atoms with Gasteiger partial charge in [0.2, 0.25) is 0 Å². The predicted octanol–water partition coefficient (Wildman–Crippen LogP) is 2.68. The second-order valence-corrected chi connectivity index (χ2v) is 3.08. The summed E-state index contributed by atoms with van der Waals surface area (Å²) in [5.41, 5.74) is -2.77. The fraction of sp³-hybridized carbons (Fsp3) is 0.222. The zero-order valence-corrected chi connectivity index (χ0v) is 7.32. The fourth-order valence-corrected chi connectivity index (χ4v) is 1.34. The first kappa shape index (κ1) is 9.82. The fourth-order valence-electron chi connectivity index (χ4n) is 1.34. The molecular weight excluding hydrogens is 209 g/mol. The Morgan fingerprint density at radius 2 is 1.80 bits per heavy atom. The molecule has 3 nitrogen and oxygen atoms in total. The van der Waals surface area contributed by atoms with Crippen molar-refractivity contribution in [2.24, 2.45) is 10.2 Å². The van der Waals surface area contributed by atoms with Gasteiger partial charge in [-0.25, -0.2) is 0 Å². The Morgan fingerprint density at radius 1 is 1.20 bits per heavy atom. The summed E-state index contributed by atoms with van der Waals surface area (Å²) in [5.74, 6) is 0. The normalized spacial score (nSPS) is 17.5. The highest BCUT2D eigenvalue weighted by atomic mass is 19.4. The summed E-state index contributed by atoms with van der Waals surface area (Å²) < 4.78 is 37.8. The SMILES string of the molecule is O=Cc1ccccc1C1(C(F)(F)F)N=N1. The van der Waals surface area contributed by atoms with E-state index in [1.807, 2.05) is 0 Å². The van der Waals surface area contributed by atoms with Gasteiger partial charge in [-0.05, 0) is 0 Å². The van der Waals surface area contributed by atoms with Crippen LogP contribution >= 0.6 is 0 Å². The molecule has 0 spiro atoms. The summed E-state index contributed by atoms with van der Waals surface area (Å²) >= 11 is 0. The van der Waals surface area contributed by atoms with Crippen molar-refractivity contribution in [3.8, 4) is 0 Å². The van der Waals surface area contributed by atoms with E-state index in [0.29, 0.717) is 6.29 Å². The zero-order valence-electron chi connectivity index (χ0n) is 7.32. The number of aldehydes is 1. The number of alkyl halides is 3. The van der Waals surface area contributed by atoms with E-state index in [0.717, 1.165) is 0 Å². The Balaban J connectivity index is 2.51. The van der Waals surface area contributed by atoms with Crippen LogP contribution in [0.4, 0.5) is 13.2 Å². The van der Waals surface area contributed by atoms with Crippen LogP contribution in [0.25, 0.3) is 0 Å². The average Bonchev–Trinajstić information content (AvgIpc) is 2.97. The van der Waals surface area contributed by atoms with Crippen LogP contribution in [-0.2, 0) is 5.66 Å². The van der Waals surface area contributed by atoms with E-state index in [2.05, 4.69) is 10.2 Å². The van der Waals surface area contributed by atoms with Crippen LogP contribution in [0.2, 0.25) is 0 Å². The second-order valence-electron chi connectivity index (χ2n) is 3.08. The molecule has 6 heteroatoms. The number of benzene rings is 1. The number of rotatable bonds is 2. The van der Waals surface area contributed by atoms with Crippen LogP contribution in [0, 0.1) is 0 Å². The van der Waals surface area contributed by atoms with Crippen molar-refractivity contribution in [2.45, 2.75) is 11.8 Å². The van der Waals surface area contributed by atoms with Crippen molar-refractivity contribution in [1.82, 2.24) is 0 Å². The van der Waals surface area contributed by atoms with Gasteiger partial charge in [-0.1, -0.05) is 24.3 Å². The molecule has 0 amide bonds. The molecule has 0 N–H and O–H groups in total. The quantitative estimate of drug-likeness (QED) is 0.698. The average molecular weight is 214 g/mol. The van der Waals surface area contributed by atoms with E-state index in [1.165, 1.54) is 24.3 Å². The number of hydrogen-bond acceptors (Lipinski definition) is 3. The first-order chi connectivity index (χ1) is 7.01. The van der Waals surface area contributed by atoms with E-state index < -0.39 is 11.8 Å². The van der Waals surface area contributed by atoms with Gasteiger partial charge in [0.05, 0.1) is 0 Å². The number of carbonyl (C=O) groups excluding carboxylic acids is 1. The number of hydrogen-bond donors (Lipinski definition) is 0. The van der Waals surface area contributed by atoms with Gasteiger partial charge in [-0.2, -0.15) is 13.2 Å². The molecule has 1 heterocycles. The van der Waals surface area contributed by atoms with Gasteiger partial charge in [0.1, 0.15) is 6.29 Å². The van der Waals surface area contributed by atoms with Crippen molar-refractivity contribution in [3.05, 3.63) is 35.4 Å². The van der Waals surface area contributed by atoms with Crippen molar-refractivity contribution < 1.29 is 18.0 Å². The van der Waals surface area contributed by atoms with Crippen molar-refractivity contribution in [2.75, 3.05) is 0 Å². The maximum Gasteiger partial charge on any atom is 0.442 e. The molecule has 78 valence electrons. The van der Waals surface area contributed by atoms with Crippen molar-refractivity contribution >= 4 is 6.29 Å².